The van der Waals surface area contributed by atoms with Gasteiger partial charge in [-0.15, -0.1) is 0 Å². The first-order chi connectivity index (χ1) is 9.24. The van der Waals surface area contributed by atoms with Crippen LogP contribution in [-0.4, -0.2) is 16.7 Å². The molecule has 1 N–H and O–H groups in total. The molecule has 0 aliphatic heterocycles. The molecule has 0 saturated heterocycles. The monoisotopic (exact) mass is 259 g/mol. The summed E-state index contributed by atoms with van der Waals surface area (Å²) in [6.45, 7) is 6.06. The lowest BCUT2D eigenvalue weighted by Crippen LogP contribution is -2.19. The van der Waals surface area contributed by atoms with Crippen molar-refractivity contribution in [2.24, 2.45) is 0 Å². The summed E-state index contributed by atoms with van der Waals surface area (Å²) in [5, 5.41) is 3.51. The highest BCUT2D eigenvalue weighted by Gasteiger charge is 2.06. The molecule has 0 fully saturated rings. The molecule has 102 valence electrons. The highest BCUT2D eigenvalue weighted by Crippen LogP contribution is 2.17. The van der Waals surface area contributed by atoms with E-state index in [0.29, 0.717) is 6.04 Å². The SMILES string of the molecule is CCn1cncc1CN[C@H](C)c1ccc(OC)cc1. The Morgan fingerprint density at radius 2 is 2.05 bits per heavy atom. The number of ether oxygens (including phenoxy) is 1. The number of hydrogen-bond donors (Lipinski definition) is 1. The fraction of sp³-hybridized carbons (Fsp3) is 0.400. The third-order valence-electron chi connectivity index (χ3n) is 3.34. The molecule has 1 heterocycles. The predicted octanol–water partition coefficient (Wildman–Crippen LogP) is 2.76. The van der Waals surface area contributed by atoms with Gasteiger partial charge in [0.15, 0.2) is 0 Å². The lowest BCUT2D eigenvalue weighted by molar-refractivity contribution is 0.414. The van der Waals surface area contributed by atoms with Crippen molar-refractivity contribution < 1.29 is 4.74 Å². The van der Waals surface area contributed by atoms with Crippen LogP contribution >= 0.6 is 0 Å². The van der Waals surface area contributed by atoms with Gasteiger partial charge in [0, 0.05) is 25.3 Å². The molecule has 0 unspecified atom stereocenters. The molecule has 4 nitrogen and oxygen atoms in total. The van der Waals surface area contributed by atoms with Crippen LogP contribution in [0.1, 0.15) is 31.1 Å². The van der Waals surface area contributed by atoms with Gasteiger partial charge in [-0.05, 0) is 31.5 Å². The Morgan fingerprint density at radius 1 is 1.32 bits per heavy atom. The summed E-state index contributed by atoms with van der Waals surface area (Å²) in [6.07, 6.45) is 3.78. The van der Waals surface area contributed by atoms with Crippen molar-refractivity contribution >= 4 is 0 Å². The van der Waals surface area contributed by atoms with Gasteiger partial charge in [0.25, 0.3) is 0 Å². The van der Waals surface area contributed by atoms with E-state index in [2.05, 4.69) is 40.8 Å². The highest BCUT2D eigenvalue weighted by atomic mass is 16.5. The minimum absolute atomic E-state index is 0.297. The van der Waals surface area contributed by atoms with Gasteiger partial charge >= 0.3 is 0 Å². The molecule has 0 amide bonds. The number of aryl methyl sites for hydroxylation is 1. The van der Waals surface area contributed by atoms with E-state index in [4.69, 9.17) is 4.74 Å². The molecule has 2 rings (SSSR count). The van der Waals surface area contributed by atoms with Crippen LogP contribution in [0.5, 0.6) is 5.75 Å². The van der Waals surface area contributed by atoms with Gasteiger partial charge < -0.3 is 14.6 Å². The maximum Gasteiger partial charge on any atom is 0.118 e. The molecule has 2 aromatic rings. The van der Waals surface area contributed by atoms with Gasteiger partial charge in [-0.3, -0.25) is 0 Å². The number of aromatic nitrogens is 2. The van der Waals surface area contributed by atoms with Crippen molar-refractivity contribution in [1.29, 1.82) is 0 Å². The smallest absolute Gasteiger partial charge is 0.118 e. The van der Waals surface area contributed by atoms with E-state index < -0.39 is 0 Å². The average Bonchev–Trinajstić information content (AvgIpc) is 2.92. The summed E-state index contributed by atoms with van der Waals surface area (Å²) < 4.78 is 7.31. The Hall–Kier alpha value is -1.81. The van der Waals surface area contributed by atoms with Crippen molar-refractivity contribution in [2.45, 2.75) is 33.0 Å². The largest absolute Gasteiger partial charge is 0.497 e. The first-order valence-electron chi connectivity index (χ1n) is 6.61. The molecule has 0 radical (unpaired) electrons. The second kappa shape index (κ2) is 6.38. The van der Waals surface area contributed by atoms with E-state index in [-0.39, 0.29) is 0 Å². The number of hydrogen-bond acceptors (Lipinski definition) is 3. The van der Waals surface area contributed by atoms with Crippen LogP contribution in [0.15, 0.2) is 36.8 Å². The zero-order valence-electron chi connectivity index (χ0n) is 11.8. The van der Waals surface area contributed by atoms with Gasteiger partial charge in [0.2, 0.25) is 0 Å². The van der Waals surface area contributed by atoms with Gasteiger partial charge in [0.1, 0.15) is 5.75 Å². The van der Waals surface area contributed by atoms with E-state index in [1.54, 1.807) is 7.11 Å². The number of imidazole rings is 1. The molecule has 0 aliphatic rings. The van der Waals surface area contributed by atoms with Gasteiger partial charge in [0.05, 0.1) is 19.1 Å². The number of nitrogens with one attached hydrogen (secondary N) is 1. The summed E-state index contributed by atoms with van der Waals surface area (Å²) in [5.74, 6) is 0.889. The zero-order valence-corrected chi connectivity index (χ0v) is 11.8. The first kappa shape index (κ1) is 13.6. The Labute approximate surface area is 114 Å². The quantitative estimate of drug-likeness (QED) is 0.867. The van der Waals surface area contributed by atoms with Crippen LogP contribution in [0.25, 0.3) is 0 Å². The topological polar surface area (TPSA) is 39.1 Å². The molecular formula is C15H21N3O. The van der Waals surface area contributed by atoms with Crippen molar-refractivity contribution in [1.82, 2.24) is 14.9 Å². The van der Waals surface area contributed by atoms with E-state index in [1.807, 2.05) is 24.7 Å². The van der Waals surface area contributed by atoms with Gasteiger partial charge in [-0.2, -0.15) is 0 Å². The summed E-state index contributed by atoms with van der Waals surface area (Å²) in [7, 11) is 1.68. The Morgan fingerprint density at radius 3 is 2.68 bits per heavy atom. The second-order valence-electron chi connectivity index (χ2n) is 4.55. The van der Waals surface area contributed by atoms with Crippen LogP contribution in [0.3, 0.4) is 0 Å². The summed E-state index contributed by atoms with van der Waals surface area (Å²) in [4.78, 5) is 4.17. The van der Waals surface area contributed by atoms with E-state index >= 15 is 0 Å². The molecule has 4 heteroatoms. The number of nitrogens with zero attached hydrogens (tertiary/aromatic N) is 2. The Kier molecular flexibility index (Phi) is 4.58. The lowest BCUT2D eigenvalue weighted by Gasteiger charge is -2.15. The van der Waals surface area contributed by atoms with E-state index in [1.165, 1.54) is 11.3 Å². The van der Waals surface area contributed by atoms with Crippen LogP contribution < -0.4 is 10.1 Å². The van der Waals surface area contributed by atoms with Crippen LogP contribution in [0, 0.1) is 0 Å². The van der Waals surface area contributed by atoms with Crippen LogP contribution in [-0.2, 0) is 13.1 Å². The van der Waals surface area contributed by atoms with Crippen molar-refractivity contribution in [3.05, 3.63) is 48.0 Å². The maximum atomic E-state index is 5.17. The maximum absolute atomic E-state index is 5.17. The fourth-order valence-electron chi connectivity index (χ4n) is 2.05. The molecule has 0 aliphatic carbocycles. The molecular weight excluding hydrogens is 238 g/mol. The Balaban J connectivity index is 1.95. The number of rotatable bonds is 6. The molecule has 0 spiro atoms. The van der Waals surface area contributed by atoms with Crippen molar-refractivity contribution in [3.63, 3.8) is 0 Å². The summed E-state index contributed by atoms with van der Waals surface area (Å²) >= 11 is 0. The predicted molar refractivity (Wildman–Crippen MR) is 76.1 cm³/mol. The summed E-state index contributed by atoms with van der Waals surface area (Å²) in [5.41, 5.74) is 2.46. The van der Waals surface area contributed by atoms with Crippen LogP contribution in [0.4, 0.5) is 0 Å². The molecule has 1 aromatic carbocycles. The molecule has 0 saturated carbocycles. The van der Waals surface area contributed by atoms with E-state index in [9.17, 15) is 0 Å². The second-order valence-corrected chi connectivity index (χ2v) is 4.55. The van der Waals surface area contributed by atoms with Crippen molar-refractivity contribution in [3.8, 4) is 5.75 Å². The zero-order chi connectivity index (χ0) is 13.7. The van der Waals surface area contributed by atoms with E-state index in [0.717, 1.165) is 18.8 Å². The minimum atomic E-state index is 0.297. The van der Waals surface area contributed by atoms with Gasteiger partial charge in [-0.1, -0.05) is 12.1 Å². The number of methoxy groups -OCH3 is 1. The first-order valence-corrected chi connectivity index (χ1v) is 6.61. The van der Waals surface area contributed by atoms with Crippen LogP contribution in [0.2, 0.25) is 0 Å². The van der Waals surface area contributed by atoms with Crippen molar-refractivity contribution in [2.75, 3.05) is 7.11 Å². The minimum Gasteiger partial charge on any atom is -0.497 e. The van der Waals surface area contributed by atoms with Gasteiger partial charge in [-0.25, -0.2) is 4.98 Å². The standard InChI is InChI=1S/C15H21N3O/c1-4-18-11-16-9-14(18)10-17-12(2)13-5-7-15(19-3)8-6-13/h5-9,11-12,17H,4,10H2,1-3H3/t12-/m1/s1. The normalized spacial score (nSPS) is 12.4. The number of benzene rings is 1. The fourth-order valence-corrected chi connectivity index (χ4v) is 2.05. The molecule has 0 bridgehead atoms. The lowest BCUT2D eigenvalue weighted by atomic mass is 10.1. The molecule has 1 atom stereocenters. The molecule has 19 heavy (non-hydrogen) atoms. The highest BCUT2D eigenvalue weighted by molar-refractivity contribution is 5.28. The Bertz CT molecular complexity index is 504. The summed E-state index contributed by atoms with van der Waals surface area (Å²) in [6, 6.07) is 8.46. The molecule has 1 aromatic heterocycles. The third kappa shape index (κ3) is 3.35. The average molecular weight is 259 g/mol. The third-order valence-corrected chi connectivity index (χ3v) is 3.34.